The summed E-state index contributed by atoms with van der Waals surface area (Å²) in [4.78, 5) is 17.7. The van der Waals surface area contributed by atoms with Crippen LogP contribution in [0.4, 0.5) is 0 Å². The molecule has 0 amide bonds. The summed E-state index contributed by atoms with van der Waals surface area (Å²) in [5, 5.41) is 4.00. The fraction of sp³-hybridized carbons (Fsp3) is 0.167. The van der Waals surface area contributed by atoms with Crippen molar-refractivity contribution in [3.63, 3.8) is 0 Å². The van der Waals surface area contributed by atoms with Gasteiger partial charge >= 0.3 is 0 Å². The molecule has 0 atom stereocenters. The molecule has 0 saturated carbocycles. The summed E-state index contributed by atoms with van der Waals surface area (Å²) < 4.78 is 2.42. The van der Waals surface area contributed by atoms with Gasteiger partial charge in [-0.1, -0.05) is 6.07 Å². The molecule has 3 aromatic rings. The molecule has 3 nitrogen and oxygen atoms in total. The van der Waals surface area contributed by atoms with E-state index in [0.29, 0.717) is 6.54 Å². The maximum absolute atomic E-state index is 12.2. The lowest BCUT2D eigenvalue weighted by Crippen LogP contribution is -2.19. The predicted octanol–water partition coefficient (Wildman–Crippen LogP) is 2.88. The van der Waals surface area contributed by atoms with Crippen LogP contribution in [0.2, 0.25) is 0 Å². The number of aromatic nitrogens is 2. The maximum Gasteiger partial charge on any atom is 0.271 e. The summed E-state index contributed by atoms with van der Waals surface area (Å²) in [6.45, 7) is 2.59. The highest BCUT2D eigenvalue weighted by Crippen LogP contribution is 2.19. The van der Waals surface area contributed by atoms with Gasteiger partial charge in [0.15, 0.2) is 0 Å². The smallest absolute Gasteiger partial charge is 0.271 e. The van der Waals surface area contributed by atoms with Crippen LogP contribution in [-0.4, -0.2) is 9.55 Å². The molecular weight excluding hydrogens is 252 g/mol. The summed E-state index contributed by atoms with van der Waals surface area (Å²) in [7, 11) is 0. The first-order valence-electron chi connectivity index (χ1n) is 5.21. The Morgan fingerprint density at radius 2 is 2.29 bits per heavy atom. The highest BCUT2D eigenvalue weighted by atomic mass is 32.1. The Hall–Kier alpha value is -1.46. The molecule has 86 valence electrons. The van der Waals surface area contributed by atoms with E-state index in [4.69, 9.17) is 0 Å². The van der Waals surface area contributed by atoms with Crippen molar-refractivity contribution in [1.82, 2.24) is 9.55 Å². The van der Waals surface area contributed by atoms with Gasteiger partial charge in [0.05, 0.1) is 18.4 Å². The van der Waals surface area contributed by atoms with E-state index in [2.05, 4.69) is 4.98 Å². The van der Waals surface area contributed by atoms with Crippen LogP contribution in [0, 0.1) is 6.92 Å². The number of hydrogen-bond acceptors (Lipinski definition) is 4. The van der Waals surface area contributed by atoms with Crippen molar-refractivity contribution in [2.75, 3.05) is 0 Å². The molecule has 0 unspecified atom stereocenters. The molecule has 3 aromatic heterocycles. The molecule has 0 bridgehead atoms. The van der Waals surface area contributed by atoms with Crippen molar-refractivity contribution in [3.05, 3.63) is 50.0 Å². The monoisotopic (exact) mass is 262 g/mol. The Balaban J connectivity index is 2.12. The molecule has 17 heavy (non-hydrogen) atoms. The third kappa shape index (κ3) is 1.81. The summed E-state index contributed by atoms with van der Waals surface area (Å²) in [6.07, 6.45) is 1.64. The Morgan fingerprint density at radius 3 is 3.06 bits per heavy atom. The predicted molar refractivity (Wildman–Crippen MR) is 72.0 cm³/mol. The van der Waals surface area contributed by atoms with E-state index in [1.54, 1.807) is 22.2 Å². The zero-order valence-electron chi connectivity index (χ0n) is 9.21. The van der Waals surface area contributed by atoms with Crippen LogP contribution in [0.25, 0.3) is 10.2 Å². The maximum atomic E-state index is 12.2. The molecule has 0 radical (unpaired) electrons. The van der Waals surface area contributed by atoms with Gasteiger partial charge in [-0.05, 0) is 29.3 Å². The van der Waals surface area contributed by atoms with E-state index in [-0.39, 0.29) is 5.56 Å². The molecule has 0 aromatic carbocycles. The standard InChI is InChI=1S/C12H10N2OS2/c1-8-6-17-11-10(8)13-7-14(12(11)15)5-9-3-2-4-16-9/h2-4,6-7H,5H2,1H3. The van der Waals surface area contributed by atoms with E-state index >= 15 is 0 Å². The molecule has 0 aliphatic heterocycles. The van der Waals surface area contributed by atoms with Crippen LogP contribution in [0.5, 0.6) is 0 Å². The first-order valence-corrected chi connectivity index (χ1v) is 6.97. The van der Waals surface area contributed by atoms with Gasteiger partial charge in [0.1, 0.15) is 4.70 Å². The van der Waals surface area contributed by atoms with Gasteiger partial charge < -0.3 is 0 Å². The highest BCUT2D eigenvalue weighted by Gasteiger charge is 2.08. The van der Waals surface area contributed by atoms with Gasteiger partial charge in [0.2, 0.25) is 0 Å². The minimum Gasteiger partial charge on any atom is -0.293 e. The van der Waals surface area contributed by atoms with Crippen LogP contribution in [-0.2, 0) is 6.54 Å². The number of rotatable bonds is 2. The first-order chi connectivity index (χ1) is 8.25. The molecule has 0 N–H and O–H groups in total. The average Bonchev–Trinajstić information content (AvgIpc) is 2.93. The molecule has 5 heteroatoms. The van der Waals surface area contributed by atoms with E-state index in [0.717, 1.165) is 15.8 Å². The van der Waals surface area contributed by atoms with Crippen molar-refractivity contribution in [2.24, 2.45) is 0 Å². The second-order valence-corrected chi connectivity index (χ2v) is 5.77. The molecule has 0 fully saturated rings. The van der Waals surface area contributed by atoms with Gasteiger partial charge in [-0.3, -0.25) is 9.36 Å². The Labute approximate surface area is 106 Å². The molecule has 0 aliphatic carbocycles. The van der Waals surface area contributed by atoms with Gasteiger partial charge in [0, 0.05) is 4.88 Å². The Bertz CT molecular complexity index is 710. The average molecular weight is 262 g/mol. The third-order valence-corrected chi connectivity index (χ3v) is 4.57. The highest BCUT2D eigenvalue weighted by molar-refractivity contribution is 7.17. The van der Waals surface area contributed by atoms with Crippen molar-refractivity contribution in [1.29, 1.82) is 0 Å². The fourth-order valence-electron chi connectivity index (χ4n) is 1.74. The minimum atomic E-state index is 0.0569. The fourth-order valence-corrected chi connectivity index (χ4v) is 3.40. The number of hydrogen-bond donors (Lipinski definition) is 0. The zero-order chi connectivity index (χ0) is 11.8. The van der Waals surface area contributed by atoms with Crippen LogP contribution in [0.3, 0.4) is 0 Å². The zero-order valence-corrected chi connectivity index (χ0v) is 10.8. The summed E-state index contributed by atoms with van der Waals surface area (Å²) in [5.41, 5.74) is 1.97. The lowest BCUT2D eigenvalue weighted by molar-refractivity contribution is 0.759. The van der Waals surface area contributed by atoms with Crippen LogP contribution >= 0.6 is 22.7 Å². The van der Waals surface area contributed by atoms with Crippen molar-refractivity contribution in [3.8, 4) is 0 Å². The third-order valence-electron chi connectivity index (χ3n) is 2.63. The van der Waals surface area contributed by atoms with E-state index in [1.807, 2.05) is 29.8 Å². The number of thiophene rings is 2. The number of aryl methyl sites for hydroxylation is 1. The molecule has 3 rings (SSSR count). The molecule has 0 saturated heterocycles. The van der Waals surface area contributed by atoms with Crippen molar-refractivity contribution >= 4 is 32.9 Å². The topological polar surface area (TPSA) is 34.9 Å². The number of fused-ring (bicyclic) bond motifs is 1. The second-order valence-electron chi connectivity index (χ2n) is 3.85. The SMILES string of the molecule is Cc1csc2c(=O)n(Cc3cccs3)cnc12. The van der Waals surface area contributed by atoms with E-state index in [9.17, 15) is 4.79 Å². The lowest BCUT2D eigenvalue weighted by Gasteiger charge is -2.02. The normalized spacial score (nSPS) is 11.1. The summed E-state index contributed by atoms with van der Waals surface area (Å²) in [5.74, 6) is 0. The minimum absolute atomic E-state index is 0.0569. The van der Waals surface area contributed by atoms with Crippen LogP contribution < -0.4 is 5.56 Å². The second kappa shape index (κ2) is 4.09. The summed E-state index contributed by atoms with van der Waals surface area (Å²) >= 11 is 3.13. The summed E-state index contributed by atoms with van der Waals surface area (Å²) in [6, 6.07) is 4.02. The molecular formula is C12H10N2OS2. The van der Waals surface area contributed by atoms with E-state index in [1.165, 1.54) is 16.2 Å². The van der Waals surface area contributed by atoms with Gasteiger partial charge in [-0.2, -0.15) is 0 Å². The number of nitrogens with zero attached hydrogens (tertiary/aromatic N) is 2. The Kier molecular flexibility index (Phi) is 2.57. The largest absolute Gasteiger partial charge is 0.293 e. The van der Waals surface area contributed by atoms with Gasteiger partial charge in [-0.25, -0.2) is 4.98 Å². The lowest BCUT2D eigenvalue weighted by atomic mass is 10.3. The molecule has 3 heterocycles. The first kappa shape index (κ1) is 10.7. The quantitative estimate of drug-likeness (QED) is 0.712. The van der Waals surface area contributed by atoms with Gasteiger partial charge in [0.25, 0.3) is 5.56 Å². The molecule has 0 spiro atoms. The van der Waals surface area contributed by atoms with Gasteiger partial charge in [-0.15, -0.1) is 22.7 Å². The van der Waals surface area contributed by atoms with Crippen molar-refractivity contribution < 1.29 is 0 Å². The molecule has 0 aliphatic rings. The van der Waals surface area contributed by atoms with Crippen molar-refractivity contribution in [2.45, 2.75) is 13.5 Å². The Morgan fingerprint density at radius 1 is 1.41 bits per heavy atom. The van der Waals surface area contributed by atoms with Crippen LogP contribution in [0.1, 0.15) is 10.4 Å². The van der Waals surface area contributed by atoms with Crippen LogP contribution in [0.15, 0.2) is 34.0 Å². The van der Waals surface area contributed by atoms with E-state index < -0.39 is 0 Å².